The van der Waals surface area contributed by atoms with Crippen LogP contribution in [0.5, 0.6) is 0 Å². The average molecular weight is 403 g/mol. The third kappa shape index (κ3) is 6.03. The minimum Gasteiger partial charge on any atom is -0.481 e. The SMILES string of the molecule is CN(C(=O)[C@@H](N)C1CCC(COCc2cccc(CC(=O)O)c2)CC1)C1CCC1. The Morgan fingerprint density at radius 2 is 1.86 bits per heavy atom. The molecule has 3 N–H and O–H groups in total. The van der Waals surface area contributed by atoms with E-state index in [-0.39, 0.29) is 24.3 Å². The number of ether oxygens (including phenoxy) is 1. The van der Waals surface area contributed by atoms with E-state index in [0.717, 1.165) is 49.7 Å². The fraction of sp³-hybridized carbons (Fsp3) is 0.652. The van der Waals surface area contributed by atoms with E-state index in [2.05, 4.69) is 0 Å². The molecule has 2 fully saturated rings. The molecule has 0 aromatic heterocycles. The summed E-state index contributed by atoms with van der Waals surface area (Å²) >= 11 is 0. The number of benzene rings is 1. The zero-order chi connectivity index (χ0) is 20.8. The Balaban J connectivity index is 1.37. The molecule has 0 bridgehead atoms. The van der Waals surface area contributed by atoms with Gasteiger partial charge in [0.25, 0.3) is 0 Å². The summed E-state index contributed by atoms with van der Waals surface area (Å²) in [6.07, 6.45) is 7.51. The molecular formula is C23H34N2O4. The maximum absolute atomic E-state index is 12.6. The third-order valence-corrected chi connectivity index (χ3v) is 6.62. The van der Waals surface area contributed by atoms with Crippen LogP contribution in [0.1, 0.15) is 56.1 Å². The number of carboxylic acid groups (broad SMARTS) is 1. The van der Waals surface area contributed by atoms with Crippen molar-refractivity contribution < 1.29 is 19.4 Å². The number of carbonyl (C=O) groups is 2. The van der Waals surface area contributed by atoms with Gasteiger partial charge in [-0.3, -0.25) is 9.59 Å². The van der Waals surface area contributed by atoms with Gasteiger partial charge in [0.15, 0.2) is 0 Å². The van der Waals surface area contributed by atoms with Crippen LogP contribution in [0.4, 0.5) is 0 Å². The standard InChI is InChI=1S/C23H34N2O4/c1-25(20-6-3-7-20)23(28)22(24)19-10-8-16(9-11-19)14-29-15-18-5-2-4-17(12-18)13-21(26)27/h2,4-5,12,16,19-20,22H,3,6-11,13-15,24H2,1H3,(H,26,27)/t16?,19?,22-/m0/s1. The molecule has 160 valence electrons. The molecule has 0 heterocycles. The van der Waals surface area contributed by atoms with Gasteiger partial charge < -0.3 is 20.5 Å². The maximum Gasteiger partial charge on any atom is 0.307 e. The van der Waals surface area contributed by atoms with Crippen molar-refractivity contribution >= 4 is 11.9 Å². The first-order chi connectivity index (χ1) is 13.9. The van der Waals surface area contributed by atoms with Crippen LogP contribution in [0.3, 0.4) is 0 Å². The topological polar surface area (TPSA) is 92.9 Å². The zero-order valence-corrected chi connectivity index (χ0v) is 17.4. The molecule has 1 atom stereocenters. The third-order valence-electron chi connectivity index (χ3n) is 6.62. The van der Waals surface area contributed by atoms with Gasteiger partial charge in [-0.1, -0.05) is 24.3 Å². The molecule has 3 rings (SSSR count). The van der Waals surface area contributed by atoms with Gasteiger partial charge in [0.2, 0.25) is 5.91 Å². The summed E-state index contributed by atoms with van der Waals surface area (Å²) < 4.78 is 5.90. The van der Waals surface area contributed by atoms with Crippen molar-refractivity contribution in [3.63, 3.8) is 0 Å². The second kappa shape index (κ2) is 10.2. The molecule has 2 aliphatic rings. The summed E-state index contributed by atoms with van der Waals surface area (Å²) in [5, 5.41) is 8.91. The minimum atomic E-state index is -0.824. The summed E-state index contributed by atoms with van der Waals surface area (Å²) in [5.41, 5.74) is 8.12. The second-order valence-corrected chi connectivity index (χ2v) is 8.75. The van der Waals surface area contributed by atoms with Crippen LogP contribution in [0.2, 0.25) is 0 Å². The Bertz CT molecular complexity index is 696. The lowest BCUT2D eigenvalue weighted by atomic mass is 9.78. The number of hydrogen-bond donors (Lipinski definition) is 2. The van der Waals surface area contributed by atoms with Gasteiger partial charge in [-0.15, -0.1) is 0 Å². The first-order valence-corrected chi connectivity index (χ1v) is 10.8. The number of carboxylic acids is 1. The number of nitrogens with two attached hydrogens (primary N) is 1. The monoisotopic (exact) mass is 402 g/mol. The van der Waals surface area contributed by atoms with E-state index in [4.69, 9.17) is 15.6 Å². The molecule has 0 aliphatic heterocycles. The largest absolute Gasteiger partial charge is 0.481 e. The molecule has 6 heteroatoms. The summed E-state index contributed by atoms with van der Waals surface area (Å²) in [6, 6.07) is 7.58. The van der Waals surface area contributed by atoms with Gasteiger partial charge in [-0.25, -0.2) is 0 Å². The quantitative estimate of drug-likeness (QED) is 0.662. The lowest BCUT2D eigenvalue weighted by molar-refractivity contribution is -0.137. The van der Waals surface area contributed by atoms with Crippen LogP contribution in [0, 0.1) is 11.8 Å². The fourth-order valence-corrected chi connectivity index (χ4v) is 4.45. The molecule has 0 radical (unpaired) electrons. The van der Waals surface area contributed by atoms with Crippen LogP contribution in [0.15, 0.2) is 24.3 Å². The number of carbonyl (C=O) groups excluding carboxylic acids is 1. The van der Waals surface area contributed by atoms with E-state index in [1.807, 2.05) is 36.2 Å². The van der Waals surface area contributed by atoms with Gasteiger partial charge in [-0.2, -0.15) is 0 Å². The van der Waals surface area contributed by atoms with Gasteiger partial charge in [0.05, 0.1) is 19.1 Å². The smallest absolute Gasteiger partial charge is 0.307 e. The number of rotatable bonds is 9. The van der Waals surface area contributed by atoms with E-state index >= 15 is 0 Å². The number of likely N-dealkylation sites (N-methyl/N-ethyl adjacent to an activating group) is 1. The molecule has 1 aromatic carbocycles. The Morgan fingerprint density at radius 3 is 2.48 bits per heavy atom. The molecule has 2 aliphatic carbocycles. The Hall–Kier alpha value is -1.92. The number of aliphatic carboxylic acids is 1. The van der Waals surface area contributed by atoms with E-state index in [1.165, 1.54) is 6.42 Å². The highest BCUT2D eigenvalue weighted by atomic mass is 16.5. The lowest BCUT2D eigenvalue weighted by Crippen LogP contribution is -2.52. The summed E-state index contributed by atoms with van der Waals surface area (Å²) in [7, 11) is 1.90. The highest BCUT2D eigenvalue weighted by Gasteiger charge is 2.34. The molecule has 1 amide bonds. The number of amides is 1. The van der Waals surface area contributed by atoms with Crippen molar-refractivity contribution in [3.8, 4) is 0 Å². The Kier molecular flexibility index (Phi) is 7.67. The number of nitrogens with zero attached hydrogens (tertiary/aromatic N) is 1. The molecule has 0 spiro atoms. The molecule has 1 aromatic rings. The first kappa shape index (κ1) is 21.8. The van der Waals surface area contributed by atoms with Crippen molar-refractivity contribution in [2.45, 2.75) is 70.1 Å². The van der Waals surface area contributed by atoms with Crippen LogP contribution in [-0.2, 0) is 27.4 Å². The molecule has 6 nitrogen and oxygen atoms in total. The Morgan fingerprint density at radius 1 is 1.17 bits per heavy atom. The van der Waals surface area contributed by atoms with Crippen molar-refractivity contribution in [1.29, 1.82) is 0 Å². The highest BCUT2D eigenvalue weighted by molar-refractivity contribution is 5.82. The van der Waals surface area contributed by atoms with Gasteiger partial charge in [-0.05, 0) is 67.9 Å². The maximum atomic E-state index is 12.6. The molecule has 2 saturated carbocycles. The Labute approximate surface area is 173 Å². The van der Waals surface area contributed by atoms with Gasteiger partial charge >= 0.3 is 5.97 Å². The van der Waals surface area contributed by atoms with E-state index in [0.29, 0.717) is 25.2 Å². The molecule has 0 saturated heterocycles. The molecule has 29 heavy (non-hydrogen) atoms. The fourth-order valence-electron chi connectivity index (χ4n) is 4.45. The van der Waals surface area contributed by atoms with E-state index in [9.17, 15) is 9.59 Å². The van der Waals surface area contributed by atoms with Crippen LogP contribution >= 0.6 is 0 Å². The minimum absolute atomic E-state index is 0.0345. The highest BCUT2D eigenvalue weighted by Crippen LogP contribution is 2.32. The summed E-state index contributed by atoms with van der Waals surface area (Å²) in [5.74, 6) is 0.0557. The van der Waals surface area contributed by atoms with Crippen molar-refractivity contribution in [2.24, 2.45) is 17.6 Å². The average Bonchev–Trinajstić information content (AvgIpc) is 2.66. The molecular weight excluding hydrogens is 368 g/mol. The second-order valence-electron chi connectivity index (χ2n) is 8.75. The zero-order valence-electron chi connectivity index (χ0n) is 17.4. The summed E-state index contributed by atoms with van der Waals surface area (Å²) in [6.45, 7) is 1.19. The lowest BCUT2D eigenvalue weighted by Gasteiger charge is -2.38. The summed E-state index contributed by atoms with van der Waals surface area (Å²) in [4.78, 5) is 25.3. The number of hydrogen-bond acceptors (Lipinski definition) is 4. The first-order valence-electron chi connectivity index (χ1n) is 10.8. The van der Waals surface area contributed by atoms with Gasteiger partial charge in [0.1, 0.15) is 0 Å². The van der Waals surface area contributed by atoms with Crippen LogP contribution in [-0.4, -0.2) is 47.6 Å². The van der Waals surface area contributed by atoms with E-state index in [1.54, 1.807) is 0 Å². The van der Waals surface area contributed by atoms with Crippen LogP contribution in [0.25, 0.3) is 0 Å². The van der Waals surface area contributed by atoms with Crippen molar-refractivity contribution in [1.82, 2.24) is 4.90 Å². The molecule has 0 unspecified atom stereocenters. The van der Waals surface area contributed by atoms with Gasteiger partial charge in [0, 0.05) is 19.7 Å². The predicted molar refractivity (Wildman–Crippen MR) is 111 cm³/mol. The predicted octanol–water partition coefficient (Wildman–Crippen LogP) is 2.97. The van der Waals surface area contributed by atoms with Crippen molar-refractivity contribution in [2.75, 3.05) is 13.7 Å². The normalized spacial score (nSPS) is 23.2. The van der Waals surface area contributed by atoms with Crippen molar-refractivity contribution in [3.05, 3.63) is 35.4 Å². The van der Waals surface area contributed by atoms with E-state index < -0.39 is 5.97 Å². The van der Waals surface area contributed by atoms with Crippen LogP contribution < -0.4 is 5.73 Å².